The van der Waals surface area contributed by atoms with Gasteiger partial charge in [-0.2, -0.15) is 0 Å². The lowest BCUT2D eigenvalue weighted by Crippen LogP contribution is -2.27. The van der Waals surface area contributed by atoms with Crippen LogP contribution in [0.2, 0.25) is 0 Å². The Balaban J connectivity index is 1.20. The Morgan fingerprint density at radius 1 is 0.886 bits per heavy atom. The normalized spacial score (nSPS) is 17.6. The summed E-state index contributed by atoms with van der Waals surface area (Å²) >= 11 is 0. The van der Waals surface area contributed by atoms with Crippen LogP contribution < -0.4 is 10.1 Å². The average Bonchev–Trinajstić information content (AvgIpc) is 2.86. The molecule has 1 amide bonds. The molecule has 1 fully saturated rings. The van der Waals surface area contributed by atoms with Gasteiger partial charge in [0.05, 0.1) is 12.0 Å². The van der Waals surface area contributed by atoms with Crippen molar-refractivity contribution in [2.45, 2.75) is 51.6 Å². The number of hydrogen-bond donors (Lipinski definition) is 2. The highest BCUT2D eigenvalue weighted by molar-refractivity contribution is 5.99. The van der Waals surface area contributed by atoms with Crippen LogP contribution in [-0.2, 0) is 4.79 Å². The van der Waals surface area contributed by atoms with E-state index in [1.54, 1.807) is 24.3 Å². The van der Waals surface area contributed by atoms with Gasteiger partial charge in [-0.1, -0.05) is 29.8 Å². The minimum Gasteiger partial charge on any atom is -0.490 e. The molecule has 0 aromatic heterocycles. The van der Waals surface area contributed by atoms with E-state index < -0.39 is 5.97 Å². The number of amides is 1. The van der Waals surface area contributed by atoms with E-state index in [0.717, 1.165) is 29.2 Å². The quantitative estimate of drug-likeness (QED) is 0.313. The van der Waals surface area contributed by atoms with Crippen molar-refractivity contribution < 1.29 is 24.2 Å². The smallest absolute Gasteiger partial charge is 0.306 e. The Kier molecular flexibility index (Phi) is 7.80. The molecule has 4 rings (SSSR count). The second-order valence-corrected chi connectivity index (χ2v) is 9.30. The highest BCUT2D eigenvalue weighted by Gasteiger charge is 2.26. The first-order valence-electron chi connectivity index (χ1n) is 12.2. The minimum atomic E-state index is -0.727. The molecule has 0 saturated heterocycles. The average molecular weight is 474 g/mol. The lowest BCUT2D eigenvalue weighted by molar-refractivity contribution is -0.143. The van der Waals surface area contributed by atoms with Gasteiger partial charge in [0, 0.05) is 24.1 Å². The Hall–Kier alpha value is -3.67. The molecule has 1 saturated carbocycles. The van der Waals surface area contributed by atoms with E-state index in [9.17, 15) is 14.4 Å². The zero-order chi connectivity index (χ0) is 24.8. The van der Waals surface area contributed by atoms with E-state index in [0.29, 0.717) is 49.1 Å². The number of aryl methyl sites for hydroxylation is 1. The molecule has 0 atom stereocenters. The Bertz CT molecular complexity index is 1210. The first-order chi connectivity index (χ1) is 16.9. The largest absolute Gasteiger partial charge is 0.490 e. The molecule has 0 radical (unpaired) electrons. The van der Waals surface area contributed by atoms with Gasteiger partial charge in [0.2, 0.25) is 0 Å². The van der Waals surface area contributed by atoms with E-state index >= 15 is 0 Å². The van der Waals surface area contributed by atoms with E-state index in [1.165, 1.54) is 0 Å². The van der Waals surface area contributed by atoms with Crippen molar-refractivity contribution in [2.75, 3.05) is 6.54 Å². The fraction of sp³-hybridized carbons (Fsp3) is 0.345. The number of carboxylic acid groups (broad SMARTS) is 1. The summed E-state index contributed by atoms with van der Waals surface area (Å²) in [5, 5.41) is 14.1. The standard InChI is InChI=1S/C29H31NO5/c1-19-4-5-20-6-7-23(18-24(20)17-19)28(32)30-16-2-3-27(31)21-8-12-25(13-9-21)35-26-14-10-22(11-15-26)29(33)34/h4-9,12-13,17-18,22,26H,2-3,10-11,14-16H2,1H3,(H,30,32)(H,33,34). The summed E-state index contributed by atoms with van der Waals surface area (Å²) in [6.45, 7) is 2.45. The zero-order valence-electron chi connectivity index (χ0n) is 20.0. The van der Waals surface area contributed by atoms with Gasteiger partial charge in [0.25, 0.3) is 5.91 Å². The lowest BCUT2D eigenvalue weighted by Gasteiger charge is -2.26. The molecule has 3 aromatic rings. The van der Waals surface area contributed by atoms with Crippen molar-refractivity contribution in [3.8, 4) is 5.75 Å². The maximum atomic E-state index is 12.5. The van der Waals surface area contributed by atoms with E-state index in [4.69, 9.17) is 9.84 Å². The maximum absolute atomic E-state index is 12.5. The van der Waals surface area contributed by atoms with E-state index in [-0.39, 0.29) is 23.7 Å². The summed E-state index contributed by atoms with van der Waals surface area (Å²) in [6, 6.07) is 18.9. The van der Waals surface area contributed by atoms with E-state index in [2.05, 4.69) is 11.4 Å². The maximum Gasteiger partial charge on any atom is 0.306 e. The molecule has 0 unspecified atom stereocenters. The second-order valence-electron chi connectivity index (χ2n) is 9.30. The van der Waals surface area contributed by atoms with Crippen LogP contribution >= 0.6 is 0 Å². The summed E-state index contributed by atoms with van der Waals surface area (Å²) in [5.74, 6) is -0.419. The molecule has 0 bridgehead atoms. The lowest BCUT2D eigenvalue weighted by atomic mass is 9.87. The molecule has 1 aliphatic rings. The van der Waals surface area contributed by atoms with Gasteiger partial charge in [-0.3, -0.25) is 14.4 Å². The molecule has 182 valence electrons. The summed E-state index contributed by atoms with van der Waals surface area (Å²) in [6.07, 6.45) is 3.63. The number of benzene rings is 3. The summed E-state index contributed by atoms with van der Waals surface area (Å²) in [5.41, 5.74) is 2.38. The third-order valence-electron chi connectivity index (χ3n) is 6.63. The zero-order valence-corrected chi connectivity index (χ0v) is 20.0. The molecular weight excluding hydrogens is 442 g/mol. The monoisotopic (exact) mass is 473 g/mol. The first-order valence-corrected chi connectivity index (χ1v) is 12.2. The SMILES string of the molecule is Cc1ccc2ccc(C(=O)NCCCC(=O)c3ccc(OC4CCC(C(=O)O)CC4)cc3)cc2c1. The fourth-order valence-electron chi connectivity index (χ4n) is 4.54. The summed E-state index contributed by atoms with van der Waals surface area (Å²) in [7, 11) is 0. The van der Waals surface area contributed by atoms with Crippen molar-refractivity contribution in [2.24, 2.45) is 5.92 Å². The molecule has 0 spiro atoms. The fourth-order valence-corrected chi connectivity index (χ4v) is 4.54. The summed E-state index contributed by atoms with van der Waals surface area (Å²) in [4.78, 5) is 36.1. The van der Waals surface area contributed by atoms with Gasteiger partial charge in [-0.05, 0) is 86.2 Å². The van der Waals surface area contributed by atoms with Crippen LogP contribution in [-0.4, -0.2) is 35.4 Å². The third kappa shape index (κ3) is 6.47. The van der Waals surface area contributed by atoms with Gasteiger partial charge < -0.3 is 15.2 Å². The third-order valence-corrected chi connectivity index (χ3v) is 6.63. The van der Waals surface area contributed by atoms with Gasteiger partial charge >= 0.3 is 5.97 Å². The van der Waals surface area contributed by atoms with Crippen LogP contribution in [0.3, 0.4) is 0 Å². The minimum absolute atomic E-state index is 0.0161. The van der Waals surface area contributed by atoms with Crippen molar-refractivity contribution >= 4 is 28.4 Å². The number of carbonyl (C=O) groups is 3. The number of ether oxygens (including phenoxy) is 1. The van der Waals surface area contributed by atoms with Crippen molar-refractivity contribution in [3.63, 3.8) is 0 Å². The van der Waals surface area contributed by atoms with Crippen LogP contribution in [0, 0.1) is 12.8 Å². The number of hydrogen-bond acceptors (Lipinski definition) is 4. The van der Waals surface area contributed by atoms with Crippen LogP contribution in [0.1, 0.15) is 64.8 Å². The molecular formula is C29H31NO5. The van der Waals surface area contributed by atoms with Crippen molar-refractivity contribution in [1.82, 2.24) is 5.32 Å². The Labute approximate surface area is 205 Å². The van der Waals surface area contributed by atoms with Crippen molar-refractivity contribution in [3.05, 3.63) is 77.4 Å². The van der Waals surface area contributed by atoms with Gasteiger partial charge in [-0.25, -0.2) is 0 Å². The predicted octanol–water partition coefficient (Wildman–Crippen LogP) is 5.56. The van der Waals surface area contributed by atoms with Gasteiger partial charge in [0.1, 0.15) is 5.75 Å². The molecule has 1 aliphatic carbocycles. The molecule has 2 N–H and O–H groups in total. The first kappa shape index (κ1) is 24.5. The highest BCUT2D eigenvalue weighted by atomic mass is 16.5. The molecule has 6 heteroatoms. The number of rotatable bonds is 9. The Morgan fingerprint density at radius 2 is 1.57 bits per heavy atom. The van der Waals surface area contributed by atoms with Crippen LogP contribution in [0.4, 0.5) is 0 Å². The number of nitrogens with one attached hydrogen (secondary N) is 1. The van der Waals surface area contributed by atoms with Crippen LogP contribution in [0.15, 0.2) is 60.7 Å². The number of ketones is 1. The highest BCUT2D eigenvalue weighted by Crippen LogP contribution is 2.28. The molecule has 35 heavy (non-hydrogen) atoms. The molecule has 6 nitrogen and oxygen atoms in total. The molecule has 0 aliphatic heterocycles. The van der Waals surface area contributed by atoms with Crippen LogP contribution in [0.25, 0.3) is 10.8 Å². The van der Waals surface area contributed by atoms with E-state index in [1.807, 2.05) is 37.3 Å². The number of aliphatic carboxylic acids is 1. The number of carbonyl (C=O) groups excluding carboxylic acids is 2. The second kappa shape index (κ2) is 11.2. The predicted molar refractivity (Wildman–Crippen MR) is 135 cm³/mol. The summed E-state index contributed by atoms with van der Waals surface area (Å²) < 4.78 is 5.97. The van der Waals surface area contributed by atoms with Crippen LogP contribution in [0.5, 0.6) is 5.75 Å². The molecule has 0 heterocycles. The number of fused-ring (bicyclic) bond motifs is 1. The number of carboxylic acids is 1. The number of Topliss-reactive ketones (excluding diaryl/α,β-unsaturated/α-hetero) is 1. The Morgan fingerprint density at radius 3 is 2.29 bits per heavy atom. The van der Waals surface area contributed by atoms with Gasteiger partial charge in [0.15, 0.2) is 5.78 Å². The van der Waals surface area contributed by atoms with Gasteiger partial charge in [-0.15, -0.1) is 0 Å². The molecule has 3 aromatic carbocycles. The van der Waals surface area contributed by atoms with Crippen molar-refractivity contribution in [1.29, 1.82) is 0 Å². The topological polar surface area (TPSA) is 92.7 Å².